The van der Waals surface area contributed by atoms with Crippen LogP contribution in [-0.2, 0) is 11.2 Å². The van der Waals surface area contributed by atoms with Crippen molar-refractivity contribution in [1.82, 2.24) is 4.90 Å². The summed E-state index contributed by atoms with van der Waals surface area (Å²) in [6.45, 7) is 5.90. The van der Waals surface area contributed by atoms with Gasteiger partial charge in [0.25, 0.3) is 5.69 Å². The Kier molecular flexibility index (Phi) is 4.25. The Morgan fingerprint density at radius 2 is 2.14 bits per heavy atom. The van der Waals surface area contributed by atoms with Gasteiger partial charge in [0.2, 0.25) is 0 Å². The lowest BCUT2D eigenvalue weighted by Crippen LogP contribution is -2.46. The molecule has 1 aromatic rings. The number of rotatable bonds is 2. The van der Waals surface area contributed by atoms with Gasteiger partial charge >= 0.3 is 6.09 Å². The highest BCUT2D eigenvalue weighted by atomic mass is 16.6. The van der Waals surface area contributed by atoms with E-state index in [1.165, 1.54) is 6.07 Å². The van der Waals surface area contributed by atoms with E-state index in [9.17, 15) is 14.9 Å². The van der Waals surface area contributed by atoms with Crippen molar-refractivity contribution < 1.29 is 14.5 Å². The quantitative estimate of drug-likeness (QED) is 0.671. The van der Waals surface area contributed by atoms with Crippen LogP contribution in [0.3, 0.4) is 0 Å². The first-order valence-corrected chi connectivity index (χ1v) is 7.15. The van der Waals surface area contributed by atoms with Crippen LogP contribution in [0.25, 0.3) is 0 Å². The van der Waals surface area contributed by atoms with Crippen molar-refractivity contribution in [2.75, 3.05) is 18.9 Å². The molecule has 0 unspecified atom stereocenters. The molecule has 1 aliphatic rings. The van der Waals surface area contributed by atoms with Gasteiger partial charge in [0.15, 0.2) is 0 Å². The fourth-order valence-electron chi connectivity index (χ4n) is 2.42. The van der Waals surface area contributed by atoms with Gasteiger partial charge < -0.3 is 15.0 Å². The van der Waals surface area contributed by atoms with E-state index in [0.29, 0.717) is 18.7 Å². The lowest BCUT2D eigenvalue weighted by atomic mass is 9.98. The van der Waals surface area contributed by atoms with Gasteiger partial charge in [-0.15, -0.1) is 0 Å². The van der Waals surface area contributed by atoms with Crippen molar-refractivity contribution in [3.8, 4) is 0 Å². The molecule has 2 rings (SSSR count). The zero-order chi connectivity index (χ0) is 16.5. The van der Waals surface area contributed by atoms with Crippen molar-refractivity contribution in [3.63, 3.8) is 0 Å². The smallest absolute Gasteiger partial charge is 0.410 e. The van der Waals surface area contributed by atoms with Crippen LogP contribution in [0, 0.1) is 10.1 Å². The predicted octanol–water partition coefficient (Wildman–Crippen LogP) is 2.80. The molecule has 7 heteroatoms. The number of nitrogens with one attached hydrogen (secondary N) is 1. The molecular weight excluding hydrogens is 286 g/mol. The second kappa shape index (κ2) is 5.82. The number of nitro benzene ring substituents is 1. The second-order valence-electron chi connectivity index (χ2n) is 6.40. The topological polar surface area (TPSA) is 84.7 Å². The van der Waals surface area contributed by atoms with Gasteiger partial charge in [0, 0.05) is 19.7 Å². The third kappa shape index (κ3) is 3.47. The zero-order valence-electron chi connectivity index (χ0n) is 13.3. The van der Waals surface area contributed by atoms with Crippen LogP contribution in [-0.4, -0.2) is 41.2 Å². The molecular formula is C15H21N3O4. The molecule has 120 valence electrons. The van der Waals surface area contributed by atoms with E-state index in [0.717, 1.165) is 5.56 Å². The van der Waals surface area contributed by atoms with E-state index in [4.69, 9.17) is 4.74 Å². The third-order valence-electron chi connectivity index (χ3n) is 3.52. The molecule has 1 N–H and O–H groups in total. The number of amides is 1. The highest BCUT2D eigenvalue weighted by Crippen LogP contribution is 2.32. The lowest BCUT2D eigenvalue weighted by molar-refractivity contribution is -0.384. The Morgan fingerprint density at radius 1 is 1.45 bits per heavy atom. The first-order chi connectivity index (χ1) is 10.2. The average Bonchev–Trinajstić information content (AvgIpc) is 2.43. The first-order valence-electron chi connectivity index (χ1n) is 7.15. The number of likely N-dealkylation sites (N-methyl/N-ethyl adjacent to an activating group) is 1. The third-order valence-corrected chi connectivity index (χ3v) is 3.52. The number of benzene rings is 1. The molecule has 0 spiro atoms. The Bertz CT molecular complexity index is 595. The minimum Gasteiger partial charge on any atom is -0.444 e. The molecule has 1 amide bonds. The number of carbonyl (C=O) groups excluding carboxylic acids is 1. The Labute approximate surface area is 129 Å². The van der Waals surface area contributed by atoms with Crippen molar-refractivity contribution in [3.05, 3.63) is 33.9 Å². The molecule has 1 atom stereocenters. The molecule has 0 bridgehead atoms. The molecule has 1 aliphatic heterocycles. The molecule has 0 radical (unpaired) electrons. The number of hydrogen-bond donors (Lipinski definition) is 1. The summed E-state index contributed by atoms with van der Waals surface area (Å²) in [5.74, 6) is 0. The number of ether oxygens (including phenoxy) is 1. The molecule has 1 heterocycles. The molecule has 22 heavy (non-hydrogen) atoms. The van der Waals surface area contributed by atoms with Crippen LogP contribution in [0.2, 0.25) is 0 Å². The molecule has 1 aromatic carbocycles. The Morgan fingerprint density at radius 3 is 2.73 bits per heavy atom. The van der Waals surface area contributed by atoms with E-state index in [-0.39, 0.29) is 11.7 Å². The molecule has 7 nitrogen and oxygen atoms in total. The normalized spacial score (nSPS) is 17.2. The lowest BCUT2D eigenvalue weighted by Gasteiger charge is -2.34. The van der Waals surface area contributed by atoms with E-state index in [1.54, 1.807) is 18.0 Å². The second-order valence-corrected chi connectivity index (χ2v) is 6.40. The van der Waals surface area contributed by atoms with Gasteiger partial charge in [-0.25, -0.2) is 4.79 Å². The molecule has 0 saturated carbocycles. The van der Waals surface area contributed by atoms with Crippen LogP contribution in [0.15, 0.2) is 18.2 Å². The van der Waals surface area contributed by atoms with Crippen molar-refractivity contribution in [2.45, 2.75) is 38.8 Å². The number of nitrogens with zero attached hydrogens (tertiary/aromatic N) is 2. The summed E-state index contributed by atoms with van der Waals surface area (Å²) in [5, 5.41) is 14.1. The van der Waals surface area contributed by atoms with Gasteiger partial charge in [-0.1, -0.05) is 12.1 Å². The summed E-state index contributed by atoms with van der Waals surface area (Å²) in [4.78, 5) is 24.3. The monoisotopic (exact) mass is 307 g/mol. The van der Waals surface area contributed by atoms with Crippen LogP contribution in [0.5, 0.6) is 0 Å². The molecule has 0 saturated heterocycles. The van der Waals surface area contributed by atoms with Crippen LogP contribution in [0.4, 0.5) is 16.2 Å². The number of hydrogen-bond acceptors (Lipinski definition) is 5. The SMILES string of the molecule is CN(C(=O)OC(C)(C)C)[C@H]1CNc2c(cccc2[N+](=O)[O-])C1. The molecule has 0 fully saturated rings. The van der Waals surface area contributed by atoms with Crippen molar-refractivity contribution in [1.29, 1.82) is 0 Å². The summed E-state index contributed by atoms with van der Waals surface area (Å²) in [6, 6.07) is 4.87. The van der Waals surface area contributed by atoms with Gasteiger partial charge in [0.1, 0.15) is 11.3 Å². The largest absolute Gasteiger partial charge is 0.444 e. The summed E-state index contributed by atoms with van der Waals surface area (Å²) in [7, 11) is 1.68. The maximum atomic E-state index is 12.1. The van der Waals surface area contributed by atoms with Gasteiger partial charge in [-0.3, -0.25) is 10.1 Å². The van der Waals surface area contributed by atoms with Crippen LogP contribution < -0.4 is 5.32 Å². The van der Waals surface area contributed by atoms with Gasteiger partial charge in [-0.2, -0.15) is 0 Å². The summed E-state index contributed by atoms with van der Waals surface area (Å²) in [6.07, 6.45) is 0.160. The van der Waals surface area contributed by atoms with E-state index in [1.807, 2.05) is 26.8 Å². The van der Waals surface area contributed by atoms with Crippen molar-refractivity contribution in [2.24, 2.45) is 0 Å². The Balaban J connectivity index is 2.14. The minimum atomic E-state index is -0.551. The van der Waals surface area contributed by atoms with Crippen molar-refractivity contribution >= 4 is 17.5 Å². The van der Waals surface area contributed by atoms with Gasteiger partial charge in [0.05, 0.1) is 11.0 Å². The maximum absolute atomic E-state index is 12.1. The fourth-order valence-corrected chi connectivity index (χ4v) is 2.42. The number of carbonyl (C=O) groups is 1. The fraction of sp³-hybridized carbons (Fsp3) is 0.533. The molecule has 0 aromatic heterocycles. The molecule has 0 aliphatic carbocycles. The van der Waals surface area contributed by atoms with E-state index >= 15 is 0 Å². The maximum Gasteiger partial charge on any atom is 0.410 e. The zero-order valence-corrected chi connectivity index (χ0v) is 13.3. The minimum absolute atomic E-state index is 0.0656. The van der Waals surface area contributed by atoms with E-state index < -0.39 is 16.6 Å². The summed E-state index contributed by atoms with van der Waals surface area (Å²) in [5.41, 5.74) is 0.891. The first kappa shape index (κ1) is 16.1. The van der Waals surface area contributed by atoms with E-state index in [2.05, 4.69) is 5.32 Å². The van der Waals surface area contributed by atoms with Crippen LogP contribution >= 0.6 is 0 Å². The number of nitro groups is 1. The van der Waals surface area contributed by atoms with Gasteiger partial charge in [-0.05, 0) is 32.8 Å². The number of anilines is 1. The number of fused-ring (bicyclic) bond motifs is 1. The number of para-hydroxylation sites is 1. The summed E-state index contributed by atoms with van der Waals surface area (Å²) >= 11 is 0. The highest BCUT2D eigenvalue weighted by molar-refractivity contribution is 5.71. The highest BCUT2D eigenvalue weighted by Gasteiger charge is 2.30. The predicted molar refractivity (Wildman–Crippen MR) is 83.1 cm³/mol. The Hall–Kier alpha value is -2.31. The standard InChI is InChI=1S/C15H21N3O4/c1-15(2,3)22-14(19)17(4)11-8-10-6-5-7-12(18(20)21)13(10)16-9-11/h5-7,11,16H,8-9H2,1-4H3/t11-/m1/s1. The summed E-state index contributed by atoms with van der Waals surface area (Å²) < 4.78 is 5.35. The average molecular weight is 307 g/mol. The van der Waals surface area contributed by atoms with Crippen LogP contribution in [0.1, 0.15) is 26.3 Å².